The number of ether oxygens (including phenoxy) is 1. The first-order valence-electron chi connectivity index (χ1n) is 4.93. The molecule has 0 aromatic carbocycles. The summed E-state index contributed by atoms with van der Waals surface area (Å²) in [4.78, 5) is 0. The van der Waals surface area contributed by atoms with Crippen LogP contribution in [0.3, 0.4) is 0 Å². The van der Waals surface area contributed by atoms with Crippen LogP contribution in [0.4, 0.5) is 13.2 Å². The molecule has 0 aliphatic carbocycles. The highest BCUT2D eigenvalue weighted by molar-refractivity contribution is 4.95. The largest absolute Gasteiger partial charge is 0.389 e. The Hall–Kier alpha value is -0.510. The predicted molar refractivity (Wildman–Crippen MR) is 48.0 cm³/mol. The molecule has 0 saturated carbocycles. The molecule has 1 aliphatic rings. The lowest BCUT2D eigenvalue weighted by molar-refractivity contribution is -0.135. The second-order valence-electron chi connectivity index (χ2n) is 3.51. The summed E-state index contributed by atoms with van der Waals surface area (Å²) in [6, 6.07) is 0. The zero-order chi connectivity index (χ0) is 10.4. The molecule has 4 heteroatoms. The van der Waals surface area contributed by atoms with Crippen molar-refractivity contribution in [1.82, 2.24) is 0 Å². The molecule has 0 amide bonds. The summed E-state index contributed by atoms with van der Waals surface area (Å²) in [5, 5.41) is 0. The van der Waals surface area contributed by atoms with Crippen molar-refractivity contribution in [3.05, 3.63) is 12.2 Å². The monoisotopic (exact) mass is 208 g/mol. The minimum atomic E-state index is -3.99. The van der Waals surface area contributed by atoms with Gasteiger partial charge in [0.05, 0.1) is 12.7 Å². The third-order valence-corrected chi connectivity index (χ3v) is 2.04. The van der Waals surface area contributed by atoms with Crippen molar-refractivity contribution in [3.8, 4) is 0 Å². The van der Waals surface area contributed by atoms with Crippen molar-refractivity contribution in [2.24, 2.45) is 0 Å². The van der Waals surface area contributed by atoms with E-state index in [4.69, 9.17) is 4.74 Å². The maximum absolute atomic E-state index is 11.7. The third-order valence-electron chi connectivity index (χ3n) is 2.04. The van der Waals surface area contributed by atoms with Gasteiger partial charge in [-0.25, -0.2) is 0 Å². The smallest absolute Gasteiger partial charge is 0.369 e. The first-order chi connectivity index (χ1) is 6.58. The van der Waals surface area contributed by atoms with Gasteiger partial charge in [0.1, 0.15) is 0 Å². The topological polar surface area (TPSA) is 12.5 Å². The van der Waals surface area contributed by atoms with E-state index in [0.29, 0.717) is 6.42 Å². The van der Waals surface area contributed by atoms with Crippen LogP contribution in [0.2, 0.25) is 0 Å². The maximum Gasteiger partial charge on any atom is 0.389 e. The Bertz CT molecular complexity index is 182. The number of unbranched alkanes of at least 4 members (excludes halogenated alkanes) is 3. The summed E-state index contributed by atoms with van der Waals surface area (Å²) in [5.41, 5.74) is 0. The van der Waals surface area contributed by atoms with Gasteiger partial charge in [-0.05, 0) is 19.3 Å². The van der Waals surface area contributed by atoms with Crippen LogP contribution < -0.4 is 0 Å². The quantitative estimate of drug-likeness (QED) is 0.370. The Labute approximate surface area is 81.9 Å². The molecular formula is C10H15F3O. The molecule has 1 rings (SSSR count). The molecule has 0 radical (unpaired) electrons. The second-order valence-corrected chi connectivity index (χ2v) is 3.51. The van der Waals surface area contributed by atoms with Crippen molar-refractivity contribution >= 4 is 0 Å². The van der Waals surface area contributed by atoms with Gasteiger partial charge in [0.2, 0.25) is 0 Å². The number of hydrogen-bond acceptors (Lipinski definition) is 1. The summed E-state index contributed by atoms with van der Waals surface area (Å²) in [5.74, 6) is 0. The van der Waals surface area contributed by atoms with Gasteiger partial charge in [-0.1, -0.05) is 18.6 Å². The number of rotatable bonds is 6. The standard InChI is InChI=1S/C10H15F3O/c11-10(12,13)7-5-3-1-2-4-6-9-8-14-9/h4,6,9H,1-3,5,7-8H2/b6-4+. The fourth-order valence-electron chi connectivity index (χ4n) is 1.18. The number of hydrogen-bond donors (Lipinski definition) is 0. The van der Waals surface area contributed by atoms with Crippen molar-refractivity contribution in [2.45, 2.75) is 44.4 Å². The highest BCUT2D eigenvalue weighted by atomic mass is 19.4. The van der Waals surface area contributed by atoms with E-state index in [9.17, 15) is 13.2 Å². The molecule has 1 fully saturated rings. The van der Waals surface area contributed by atoms with Crippen molar-refractivity contribution < 1.29 is 17.9 Å². The van der Waals surface area contributed by atoms with Gasteiger partial charge in [0, 0.05) is 6.42 Å². The number of alkyl halides is 3. The van der Waals surface area contributed by atoms with Crippen molar-refractivity contribution in [1.29, 1.82) is 0 Å². The lowest BCUT2D eigenvalue weighted by Gasteiger charge is -2.04. The first kappa shape index (κ1) is 11.6. The molecule has 1 saturated heterocycles. The van der Waals surface area contributed by atoms with E-state index in [-0.39, 0.29) is 12.5 Å². The first-order valence-corrected chi connectivity index (χ1v) is 4.93. The van der Waals surface area contributed by atoms with Gasteiger partial charge < -0.3 is 4.74 Å². The van der Waals surface area contributed by atoms with Gasteiger partial charge in [0.15, 0.2) is 0 Å². The Kier molecular flexibility index (Phi) is 4.45. The molecule has 0 N–H and O–H groups in total. The maximum atomic E-state index is 11.7. The third kappa shape index (κ3) is 6.95. The van der Waals surface area contributed by atoms with Crippen molar-refractivity contribution in [3.63, 3.8) is 0 Å². The Balaban J connectivity index is 1.84. The molecule has 0 aromatic heterocycles. The molecule has 0 bridgehead atoms. The lowest BCUT2D eigenvalue weighted by atomic mass is 10.1. The molecule has 0 aromatic rings. The fraction of sp³-hybridized carbons (Fsp3) is 0.800. The van der Waals surface area contributed by atoms with Crippen molar-refractivity contribution in [2.75, 3.05) is 6.61 Å². The molecular weight excluding hydrogens is 193 g/mol. The van der Waals surface area contributed by atoms with E-state index in [0.717, 1.165) is 19.4 Å². The lowest BCUT2D eigenvalue weighted by Crippen LogP contribution is -2.06. The summed E-state index contributed by atoms with van der Waals surface area (Å²) in [7, 11) is 0. The van der Waals surface area contributed by atoms with Crippen LogP contribution in [0.5, 0.6) is 0 Å². The number of halogens is 3. The molecule has 1 atom stereocenters. The van der Waals surface area contributed by atoms with E-state index >= 15 is 0 Å². The Morgan fingerprint density at radius 3 is 2.50 bits per heavy atom. The fourth-order valence-corrected chi connectivity index (χ4v) is 1.18. The van der Waals surface area contributed by atoms with Gasteiger partial charge in [0.25, 0.3) is 0 Å². The molecule has 0 spiro atoms. The van der Waals surface area contributed by atoms with Crippen LogP contribution in [-0.4, -0.2) is 18.9 Å². The average molecular weight is 208 g/mol. The molecule has 1 unspecified atom stereocenters. The minimum Gasteiger partial charge on any atom is -0.369 e. The van der Waals surface area contributed by atoms with Crippen LogP contribution in [0.25, 0.3) is 0 Å². The molecule has 1 heterocycles. The summed E-state index contributed by atoms with van der Waals surface area (Å²) in [6.45, 7) is 0.796. The van der Waals surface area contributed by atoms with Crippen LogP contribution >= 0.6 is 0 Å². The molecule has 1 nitrogen and oxygen atoms in total. The summed E-state index contributed by atoms with van der Waals surface area (Å²) < 4.78 is 40.1. The zero-order valence-electron chi connectivity index (χ0n) is 8.02. The van der Waals surface area contributed by atoms with E-state index in [1.54, 1.807) is 0 Å². The summed E-state index contributed by atoms with van der Waals surface area (Å²) >= 11 is 0. The van der Waals surface area contributed by atoms with E-state index < -0.39 is 12.6 Å². The van der Waals surface area contributed by atoms with Gasteiger partial charge in [-0.15, -0.1) is 0 Å². The predicted octanol–water partition coefficient (Wildman–Crippen LogP) is 3.45. The van der Waals surface area contributed by atoms with Crippen LogP contribution in [-0.2, 0) is 4.74 Å². The average Bonchev–Trinajstić information content (AvgIpc) is 2.84. The SMILES string of the molecule is FC(F)(F)CCCCC/C=C/C1CO1. The van der Waals surface area contributed by atoms with E-state index in [2.05, 4.69) is 0 Å². The van der Waals surface area contributed by atoms with E-state index in [1.807, 2.05) is 12.2 Å². The molecule has 82 valence electrons. The highest BCUT2D eigenvalue weighted by Crippen LogP contribution is 2.22. The van der Waals surface area contributed by atoms with E-state index in [1.165, 1.54) is 0 Å². The minimum absolute atomic E-state index is 0.247. The zero-order valence-corrected chi connectivity index (χ0v) is 8.02. The normalized spacial score (nSPS) is 21.8. The molecule has 14 heavy (non-hydrogen) atoms. The molecule has 1 aliphatic heterocycles. The Morgan fingerprint density at radius 2 is 1.93 bits per heavy atom. The van der Waals surface area contributed by atoms with Crippen LogP contribution in [0.1, 0.15) is 32.1 Å². The van der Waals surface area contributed by atoms with Gasteiger partial charge >= 0.3 is 6.18 Å². The Morgan fingerprint density at radius 1 is 1.21 bits per heavy atom. The number of allylic oxidation sites excluding steroid dienone is 1. The number of epoxide rings is 1. The van der Waals surface area contributed by atoms with Crippen LogP contribution in [0.15, 0.2) is 12.2 Å². The van der Waals surface area contributed by atoms with Gasteiger partial charge in [-0.3, -0.25) is 0 Å². The second kappa shape index (κ2) is 5.39. The summed E-state index contributed by atoms with van der Waals surface area (Å²) in [6.07, 6.45) is 2.20. The van der Waals surface area contributed by atoms with Gasteiger partial charge in [-0.2, -0.15) is 13.2 Å². The highest BCUT2D eigenvalue weighted by Gasteiger charge is 2.25. The van der Waals surface area contributed by atoms with Crippen LogP contribution in [0, 0.1) is 0 Å².